The highest BCUT2D eigenvalue weighted by atomic mass is 127. The Balaban J connectivity index is 0.00000420. The summed E-state index contributed by atoms with van der Waals surface area (Å²) in [4.78, 5) is 15.3. The molecule has 0 aromatic heterocycles. The van der Waals surface area contributed by atoms with E-state index >= 15 is 0 Å². The molecule has 0 heterocycles. The second-order valence-electron chi connectivity index (χ2n) is 6.97. The van der Waals surface area contributed by atoms with Crippen molar-refractivity contribution in [3.8, 4) is 5.75 Å². The van der Waals surface area contributed by atoms with E-state index in [0.717, 1.165) is 37.0 Å². The lowest BCUT2D eigenvalue weighted by atomic mass is 9.98. The van der Waals surface area contributed by atoms with Gasteiger partial charge in [-0.15, -0.1) is 24.0 Å². The van der Waals surface area contributed by atoms with Crippen molar-refractivity contribution < 1.29 is 14.3 Å². The van der Waals surface area contributed by atoms with Gasteiger partial charge in [0.1, 0.15) is 12.4 Å². The molecule has 0 aliphatic heterocycles. The number of guanidine groups is 1. The number of amides is 1. The van der Waals surface area contributed by atoms with E-state index in [1.165, 1.54) is 39.0 Å². The van der Waals surface area contributed by atoms with Crippen molar-refractivity contribution in [3.05, 3.63) is 24.3 Å². The Kier molecular flexibility index (Phi) is 13.5. The zero-order valence-electron chi connectivity index (χ0n) is 17.5. The SMILES string of the molecule is CN=C(NCCCOC1CCCCC1)NCCOc1cccc(NC(C)=O)c1.I. The Morgan fingerprint density at radius 3 is 2.62 bits per heavy atom. The van der Waals surface area contributed by atoms with Crippen LogP contribution < -0.4 is 20.7 Å². The molecule has 0 radical (unpaired) electrons. The van der Waals surface area contributed by atoms with E-state index in [4.69, 9.17) is 9.47 Å². The van der Waals surface area contributed by atoms with Crippen LogP contribution in [-0.2, 0) is 9.53 Å². The number of carbonyl (C=O) groups excluding carboxylic acids is 1. The molecule has 164 valence electrons. The van der Waals surface area contributed by atoms with E-state index in [1.54, 1.807) is 13.1 Å². The fraction of sp³-hybridized carbons (Fsp3) is 0.619. The van der Waals surface area contributed by atoms with E-state index in [2.05, 4.69) is 20.9 Å². The standard InChI is InChI=1S/C21H34N4O3.HI/c1-17(26)25-18-8-6-11-20(16-18)28-15-13-24-21(22-2)23-12-7-14-27-19-9-4-3-5-10-19;/h6,8,11,16,19H,3-5,7,9-10,12-15H2,1-2H3,(H,25,26)(H2,22,23,24);1H. The number of benzene rings is 1. The minimum absolute atomic E-state index is 0. The molecule has 3 N–H and O–H groups in total. The summed E-state index contributed by atoms with van der Waals surface area (Å²) in [6.07, 6.45) is 7.82. The molecular formula is C21H35IN4O3. The van der Waals surface area contributed by atoms with E-state index in [9.17, 15) is 4.79 Å². The normalized spacial score (nSPS) is 14.6. The highest BCUT2D eigenvalue weighted by molar-refractivity contribution is 14.0. The topological polar surface area (TPSA) is 84.0 Å². The predicted molar refractivity (Wildman–Crippen MR) is 128 cm³/mol. The third kappa shape index (κ3) is 11.3. The fourth-order valence-electron chi connectivity index (χ4n) is 3.19. The average molecular weight is 518 g/mol. The lowest BCUT2D eigenvalue weighted by molar-refractivity contribution is -0.114. The van der Waals surface area contributed by atoms with Gasteiger partial charge in [0.05, 0.1) is 12.6 Å². The lowest BCUT2D eigenvalue weighted by Gasteiger charge is -2.22. The predicted octanol–water partition coefficient (Wildman–Crippen LogP) is 3.55. The summed E-state index contributed by atoms with van der Waals surface area (Å²) in [5, 5.41) is 9.27. The fourth-order valence-corrected chi connectivity index (χ4v) is 3.19. The van der Waals surface area contributed by atoms with Crippen molar-refractivity contribution in [1.29, 1.82) is 0 Å². The van der Waals surface area contributed by atoms with Crippen molar-refractivity contribution >= 4 is 41.5 Å². The molecule has 8 heteroatoms. The van der Waals surface area contributed by atoms with Crippen LogP contribution in [0.15, 0.2) is 29.3 Å². The summed E-state index contributed by atoms with van der Waals surface area (Å²) in [6, 6.07) is 7.35. The zero-order valence-corrected chi connectivity index (χ0v) is 19.9. The molecular weight excluding hydrogens is 483 g/mol. The first-order valence-corrected chi connectivity index (χ1v) is 10.2. The highest BCUT2D eigenvalue weighted by Gasteiger charge is 2.12. The summed E-state index contributed by atoms with van der Waals surface area (Å²) in [5.41, 5.74) is 0.728. The maximum Gasteiger partial charge on any atom is 0.221 e. The molecule has 1 aromatic rings. The third-order valence-electron chi connectivity index (χ3n) is 4.56. The monoisotopic (exact) mass is 518 g/mol. The smallest absolute Gasteiger partial charge is 0.221 e. The van der Waals surface area contributed by atoms with Crippen LogP contribution in [0.4, 0.5) is 5.69 Å². The van der Waals surface area contributed by atoms with Gasteiger partial charge in [-0.1, -0.05) is 25.3 Å². The molecule has 0 saturated heterocycles. The van der Waals surface area contributed by atoms with Crippen molar-refractivity contribution in [2.24, 2.45) is 4.99 Å². The van der Waals surface area contributed by atoms with E-state index in [0.29, 0.717) is 19.3 Å². The van der Waals surface area contributed by atoms with Gasteiger partial charge < -0.3 is 25.4 Å². The van der Waals surface area contributed by atoms with Crippen LogP contribution in [0.2, 0.25) is 0 Å². The number of hydrogen-bond acceptors (Lipinski definition) is 4. The Labute approximate surface area is 191 Å². The van der Waals surface area contributed by atoms with E-state index in [-0.39, 0.29) is 29.9 Å². The van der Waals surface area contributed by atoms with Crippen LogP contribution >= 0.6 is 24.0 Å². The third-order valence-corrected chi connectivity index (χ3v) is 4.56. The van der Waals surface area contributed by atoms with E-state index < -0.39 is 0 Å². The van der Waals surface area contributed by atoms with Crippen molar-refractivity contribution in [2.45, 2.75) is 51.6 Å². The number of nitrogens with one attached hydrogen (secondary N) is 3. The Hall–Kier alpha value is -1.55. The first kappa shape index (κ1) is 25.5. The van der Waals surface area contributed by atoms with Gasteiger partial charge >= 0.3 is 0 Å². The molecule has 2 rings (SSSR count). The molecule has 1 fully saturated rings. The van der Waals surface area contributed by atoms with Crippen molar-refractivity contribution in [2.75, 3.05) is 38.7 Å². The van der Waals surface area contributed by atoms with Crippen LogP contribution in [0.1, 0.15) is 45.4 Å². The van der Waals surface area contributed by atoms with Crippen LogP contribution in [0.25, 0.3) is 0 Å². The largest absolute Gasteiger partial charge is 0.492 e. The summed E-state index contributed by atoms with van der Waals surface area (Å²) in [7, 11) is 1.76. The van der Waals surface area contributed by atoms with Crippen molar-refractivity contribution in [1.82, 2.24) is 10.6 Å². The Bertz CT molecular complexity index is 622. The van der Waals surface area contributed by atoms with Gasteiger partial charge in [-0.3, -0.25) is 9.79 Å². The quantitative estimate of drug-likeness (QED) is 0.191. The number of halogens is 1. The first-order valence-electron chi connectivity index (χ1n) is 10.2. The van der Waals surface area contributed by atoms with Gasteiger partial charge in [-0.2, -0.15) is 0 Å². The molecule has 1 aliphatic carbocycles. The van der Waals surface area contributed by atoms with Gasteiger partial charge in [0, 0.05) is 38.9 Å². The molecule has 0 unspecified atom stereocenters. The molecule has 1 saturated carbocycles. The highest BCUT2D eigenvalue weighted by Crippen LogP contribution is 2.20. The van der Waals surface area contributed by atoms with Gasteiger partial charge in [-0.05, 0) is 31.4 Å². The summed E-state index contributed by atoms with van der Waals surface area (Å²) in [5.74, 6) is 1.38. The maximum absolute atomic E-state index is 11.1. The molecule has 0 spiro atoms. The van der Waals surface area contributed by atoms with Crippen LogP contribution in [0.5, 0.6) is 5.75 Å². The number of anilines is 1. The van der Waals surface area contributed by atoms with Gasteiger partial charge in [0.2, 0.25) is 5.91 Å². The number of hydrogen-bond donors (Lipinski definition) is 3. The first-order chi connectivity index (χ1) is 13.7. The maximum atomic E-state index is 11.1. The number of nitrogens with zero attached hydrogens (tertiary/aromatic N) is 1. The second-order valence-corrected chi connectivity index (χ2v) is 6.97. The molecule has 1 aromatic carbocycles. The van der Waals surface area contributed by atoms with Gasteiger partial charge in [0.15, 0.2) is 5.96 Å². The zero-order chi connectivity index (χ0) is 20.0. The minimum atomic E-state index is -0.0992. The summed E-state index contributed by atoms with van der Waals surface area (Å²) in [6.45, 7) is 4.23. The minimum Gasteiger partial charge on any atom is -0.492 e. The number of rotatable bonds is 10. The summed E-state index contributed by atoms with van der Waals surface area (Å²) >= 11 is 0. The lowest BCUT2D eigenvalue weighted by Crippen LogP contribution is -2.40. The molecule has 0 bridgehead atoms. The van der Waals surface area contributed by atoms with Gasteiger partial charge in [0.25, 0.3) is 0 Å². The Morgan fingerprint density at radius 2 is 1.90 bits per heavy atom. The number of aliphatic imine (C=N–C) groups is 1. The molecule has 1 aliphatic rings. The van der Waals surface area contributed by atoms with Crippen LogP contribution in [0, 0.1) is 0 Å². The molecule has 7 nitrogen and oxygen atoms in total. The Morgan fingerprint density at radius 1 is 1.14 bits per heavy atom. The van der Waals surface area contributed by atoms with Crippen LogP contribution in [-0.4, -0.2) is 51.3 Å². The molecule has 1 amide bonds. The second kappa shape index (κ2) is 15.3. The van der Waals surface area contributed by atoms with Crippen LogP contribution in [0.3, 0.4) is 0 Å². The summed E-state index contributed by atoms with van der Waals surface area (Å²) < 4.78 is 11.6. The average Bonchev–Trinajstić information content (AvgIpc) is 2.70. The molecule has 29 heavy (non-hydrogen) atoms. The number of ether oxygens (including phenoxy) is 2. The van der Waals surface area contributed by atoms with Gasteiger partial charge in [-0.25, -0.2) is 0 Å². The number of carbonyl (C=O) groups is 1. The molecule has 0 atom stereocenters. The van der Waals surface area contributed by atoms with E-state index in [1.807, 2.05) is 18.2 Å². The van der Waals surface area contributed by atoms with Crippen molar-refractivity contribution in [3.63, 3.8) is 0 Å².